The summed E-state index contributed by atoms with van der Waals surface area (Å²) in [6.07, 6.45) is 1.38. The van der Waals surface area contributed by atoms with Crippen molar-refractivity contribution >= 4 is 52.8 Å². The van der Waals surface area contributed by atoms with Crippen molar-refractivity contribution in [1.82, 2.24) is 10.7 Å². The highest BCUT2D eigenvalue weighted by atomic mass is 35.5. The van der Waals surface area contributed by atoms with Crippen molar-refractivity contribution in [2.45, 2.75) is 13.2 Å². The largest absolute Gasteiger partial charge is 0.493 e. The number of benzene rings is 3. The van der Waals surface area contributed by atoms with Crippen LogP contribution in [0.25, 0.3) is 0 Å². The second-order valence-electron chi connectivity index (χ2n) is 6.94. The Morgan fingerprint density at radius 1 is 0.912 bits per heavy atom. The normalized spacial score (nSPS) is 10.7. The average molecular weight is 521 g/mol. The molecule has 2 amide bonds. The summed E-state index contributed by atoms with van der Waals surface area (Å²) in [5.74, 6) is -0.747. The number of ether oxygens (including phenoxy) is 2. The van der Waals surface area contributed by atoms with E-state index in [0.717, 1.165) is 11.1 Å². The quantitative estimate of drug-likeness (QED) is 0.248. The molecule has 7 nitrogen and oxygen atoms in total. The van der Waals surface area contributed by atoms with Crippen LogP contribution in [-0.2, 0) is 22.7 Å². The maximum atomic E-state index is 11.9. The molecule has 176 valence electrons. The zero-order valence-electron chi connectivity index (χ0n) is 18.0. The van der Waals surface area contributed by atoms with Crippen LogP contribution >= 0.6 is 34.8 Å². The molecular formula is C24H20Cl3N3O4. The van der Waals surface area contributed by atoms with E-state index in [-0.39, 0.29) is 13.2 Å². The fourth-order valence-electron chi connectivity index (χ4n) is 2.76. The second kappa shape index (κ2) is 12.3. The van der Waals surface area contributed by atoms with Crippen LogP contribution in [-0.4, -0.2) is 25.1 Å². The van der Waals surface area contributed by atoms with Crippen LogP contribution in [0.2, 0.25) is 15.1 Å². The van der Waals surface area contributed by atoms with Crippen LogP contribution < -0.4 is 20.2 Å². The summed E-state index contributed by atoms with van der Waals surface area (Å²) < 4.78 is 11.2. The van der Waals surface area contributed by atoms with Gasteiger partial charge in [0.05, 0.1) is 13.3 Å². The van der Waals surface area contributed by atoms with Gasteiger partial charge in [-0.3, -0.25) is 9.59 Å². The van der Waals surface area contributed by atoms with Crippen LogP contribution in [0.4, 0.5) is 0 Å². The van der Waals surface area contributed by atoms with Crippen molar-refractivity contribution in [3.63, 3.8) is 0 Å². The number of nitrogens with one attached hydrogen (secondary N) is 2. The van der Waals surface area contributed by atoms with Crippen LogP contribution in [0.5, 0.6) is 11.5 Å². The molecule has 0 aromatic heterocycles. The molecule has 0 aliphatic heterocycles. The van der Waals surface area contributed by atoms with Crippen LogP contribution in [0.3, 0.4) is 0 Å². The smallest absolute Gasteiger partial charge is 0.329 e. The Hall–Kier alpha value is -3.26. The van der Waals surface area contributed by atoms with Crippen molar-refractivity contribution in [2.24, 2.45) is 5.10 Å². The third kappa shape index (κ3) is 7.38. The van der Waals surface area contributed by atoms with E-state index < -0.39 is 11.8 Å². The van der Waals surface area contributed by atoms with Gasteiger partial charge in [-0.15, -0.1) is 0 Å². The van der Waals surface area contributed by atoms with E-state index in [1.807, 2.05) is 0 Å². The molecule has 0 aliphatic carbocycles. The number of hydrazone groups is 1. The molecule has 0 atom stereocenters. The van der Waals surface area contributed by atoms with Crippen molar-refractivity contribution in [3.8, 4) is 11.5 Å². The van der Waals surface area contributed by atoms with E-state index in [0.29, 0.717) is 32.1 Å². The van der Waals surface area contributed by atoms with Gasteiger partial charge >= 0.3 is 11.8 Å². The van der Waals surface area contributed by atoms with Crippen molar-refractivity contribution in [2.75, 3.05) is 7.11 Å². The van der Waals surface area contributed by atoms with Crippen LogP contribution in [0.1, 0.15) is 16.7 Å². The molecule has 3 aromatic rings. The predicted molar refractivity (Wildman–Crippen MR) is 133 cm³/mol. The number of nitrogens with zero attached hydrogens (tertiary/aromatic N) is 1. The first kappa shape index (κ1) is 25.4. The first-order valence-electron chi connectivity index (χ1n) is 9.96. The Kier molecular flexibility index (Phi) is 9.16. The highest BCUT2D eigenvalue weighted by molar-refractivity contribution is 6.35. The number of carbonyl (C=O) groups is 2. The minimum Gasteiger partial charge on any atom is -0.493 e. The molecule has 10 heteroatoms. The molecular weight excluding hydrogens is 501 g/mol. The van der Waals surface area contributed by atoms with Crippen molar-refractivity contribution in [1.29, 1.82) is 0 Å². The first-order valence-corrected chi connectivity index (χ1v) is 11.1. The van der Waals surface area contributed by atoms with Crippen molar-refractivity contribution in [3.05, 3.63) is 92.4 Å². The van der Waals surface area contributed by atoms with Gasteiger partial charge in [-0.1, -0.05) is 53.0 Å². The van der Waals surface area contributed by atoms with E-state index in [1.54, 1.807) is 60.7 Å². The van der Waals surface area contributed by atoms with Gasteiger partial charge in [-0.05, 0) is 53.6 Å². The molecule has 0 spiro atoms. The minimum atomic E-state index is -0.892. The SMILES string of the molecule is COc1cc(/C=N\NC(=O)C(=O)NCc2ccc(Cl)cc2)ccc1OCc1ccc(Cl)cc1Cl. The van der Waals surface area contributed by atoms with Gasteiger partial charge in [-0.25, -0.2) is 5.43 Å². The van der Waals surface area contributed by atoms with Gasteiger partial charge in [0.1, 0.15) is 6.61 Å². The summed E-state index contributed by atoms with van der Waals surface area (Å²) in [5, 5.41) is 7.96. The Labute approximate surface area is 211 Å². The molecule has 2 N–H and O–H groups in total. The Morgan fingerprint density at radius 3 is 2.35 bits per heavy atom. The highest BCUT2D eigenvalue weighted by Crippen LogP contribution is 2.29. The number of hydrogen-bond acceptors (Lipinski definition) is 5. The summed E-state index contributed by atoms with van der Waals surface area (Å²) >= 11 is 17.9. The summed E-state index contributed by atoms with van der Waals surface area (Å²) in [6, 6.07) is 17.2. The monoisotopic (exact) mass is 519 g/mol. The van der Waals surface area contributed by atoms with E-state index in [1.165, 1.54) is 13.3 Å². The Bertz CT molecular complexity index is 1200. The molecule has 0 aliphatic rings. The van der Waals surface area contributed by atoms with E-state index in [2.05, 4.69) is 15.8 Å². The van der Waals surface area contributed by atoms with Crippen LogP contribution in [0.15, 0.2) is 65.8 Å². The third-order valence-electron chi connectivity index (χ3n) is 4.54. The molecule has 0 unspecified atom stereocenters. The lowest BCUT2D eigenvalue weighted by Gasteiger charge is -2.12. The molecule has 0 saturated carbocycles. The molecule has 3 aromatic carbocycles. The molecule has 0 heterocycles. The molecule has 0 saturated heterocycles. The first-order chi connectivity index (χ1) is 16.4. The van der Waals surface area contributed by atoms with Crippen LogP contribution in [0, 0.1) is 0 Å². The predicted octanol–water partition coefficient (Wildman–Crippen LogP) is 5.00. The average Bonchev–Trinajstić information content (AvgIpc) is 2.83. The summed E-state index contributed by atoms with van der Waals surface area (Å²) in [4.78, 5) is 23.9. The van der Waals surface area contributed by atoms with Gasteiger partial charge in [-0.2, -0.15) is 5.10 Å². The molecule has 0 fully saturated rings. The molecule has 0 radical (unpaired) electrons. The number of hydrogen-bond donors (Lipinski definition) is 2. The summed E-state index contributed by atoms with van der Waals surface area (Å²) in [7, 11) is 1.51. The Morgan fingerprint density at radius 2 is 1.65 bits per heavy atom. The van der Waals surface area contributed by atoms with E-state index in [9.17, 15) is 9.59 Å². The van der Waals surface area contributed by atoms with Gasteiger partial charge in [0, 0.05) is 27.2 Å². The van der Waals surface area contributed by atoms with Crippen molar-refractivity contribution < 1.29 is 19.1 Å². The minimum absolute atomic E-state index is 0.188. The Balaban J connectivity index is 1.53. The standard InChI is InChI=1S/C24H20Cl3N3O4/c1-33-22-10-16(4-9-21(22)34-14-17-5-8-19(26)11-20(17)27)13-29-30-24(32)23(31)28-12-15-2-6-18(25)7-3-15/h2-11,13H,12,14H2,1H3,(H,28,31)(H,30,32)/b29-13-. The molecule has 34 heavy (non-hydrogen) atoms. The van der Waals surface area contributed by atoms with Gasteiger partial charge in [0.25, 0.3) is 0 Å². The summed E-state index contributed by atoms with van der Waals surface area (Å²) in [5.41, 5.74) is 4.39. The number of carbonyl (C=O) groups excluding carboxylic acids is 2. The fourth-order valence-corrected chi connectivity index (χ4v) is 3.35. The van der Waals surface area contributed by atoms with Gasteiger partial charge < -0.3 is 14.8 Å². The number of rotatable bonds is 8. The lowest BCUT2D eigenvalue weighted by atomic mass is 10.2. The zero-order chi connectivity index (χ0) is 24.5. The molecule has 0 bridgehead atoms. The fraction of sp³-hybridized carbons (Fsp3) is 0.125. The number of halogens is 3. The lowest BCUT2D eigenvalue weighted by Crippen LogP contribution is -2.37. The maximum absolute atomic E-state index is 11.9. The number of amides is 2. The highest BCUT2D eigenvalue weighted by Gasteiger charge is 2.12. The third-order valence-corrected chi connectivity index (χ3v) is 5.38. The number of methoxy groups -OCH3 is 1. The lowest BCUT2D eigenvalue weighted by molar-refractivity contribution is -0.139. The molecule has 3 rings (SSSR count). The summed E-state index contributed by atoms with van der Waals surface area (Å²) in [6.45, 7) is 0.411. The van der Waals surface area contributed by atoms with Gasteiger partial charge in [0.2, 0.25) is 0 Å². The van der Waals surface area contributed by atoms with Gasteiger partial charge in [0.15, 0.2) is 11.5 Å². The topological polar surface area (TPSA) is 89.0 Å². The van der Waals surface area contributed by atoms with E-state index >= 15 is 0 Å². The maximum Gasteiger partial charge on any atom is 0.329 e. The zero-order valence-corrected chi connectivity index (χ0v) is 20.2. The van der Waals surface area contributed by atoms with E-state index in [4.69, 9.17) is 44.3 Å². The second-order valence-corrected chi connectivity index (χ2v) is 8.22.